The first-order valence-corrected chi connectivity index (χ1v) is 38.7. The van der Waals surface area contributed by atoms with Crippen molar-refractivity contribution in [2.75, 3.05) is 0 Å². The Hall–Kier alpha value is -3.71. The summed E-state index contributed by atoms with van der Waals surface area (Å²) < 4.78 is 38.2. The Balaban J connectivity index is 0.685. The van der Waals surface area contributed by atoms with Gasteiger partial charge in [0.25, 0.3) is 0 Å². The van der Waals surface area contributed by atoms with Crippen molar-refractivity contribution in [1.82, 2.24) is 0 Å². The summed E-state index contributed by atoms with van der Waals surface area (Å²) >= 11 is 0. The SMILES string of the molecule is CC(=O)O[C@@H]1CC[C@@]2(C)[C@H](CC[C@@H]3[C@@H]2C[C@H](OC(C)=O)[C@]2(C)[C@@H]([C@H](C)CCC(=O)O[C@@H]4CC[C@@]5(C)[C@H](CC[C@@H]6[C@@H]5C[C@H](OC(=O)CC[C@@H](C)[C@H]5CC[C@H]7[C@@H]8CC[C@@H]9C[C@H](OC(C)=O)CC[C@]9(C)[C@H]8C[C@H](OC(C)=O)[C@]57C)[C@]5(C)[C@@H]([C@H](C)CCC(=O)O)CC[C@@H]65)C4)CC[C@@H]32)C1. The first kappa shape index (κ1) is 70.2. The number of aliphatic carboxylic acids is 1. The molecule has 0 aromatic rings. The minimum atomic E-state index is -0.763. The highest BCUT2D eigenvalue weighted by Gasteiger charge is 2.69. The third kappa shape index (κ3) is 12.4. The Kier molecular flexibility index (Phi) is 20.0. The van der Waals surface area contributed by atoms with E-state index in [1.54, 1.807) is 13.8 Å². The molecule has 0 saturated heterocycles. The zero-order chi connectivity index (χ0) is 67.4. The van der Waals surface area contributed by atoms with Crippen LogP contribution in [0.3, 0.4) is 0 Å². The van der Waals surface area contributed by atoms with Crippen molar-refractivity contribution in [3.05, 3.63) is 0 Å². The predicted molar refractivity (Wildman–Crippen MR) is 357 cm³/mol. The molecular weight excluding hydrogens is 1180 g/mol. The molecule has 0 amide bonds. The number of carboxylic acids is 1. The molecule has 0 bridgehead atoms. The topological polar surface area (TPSA) is 195 Å². The Morgan fingerprint density at radius 2 is 0.649 bits per heavy atom. The minimum Gasteiger partial charge on any atom is -0.481 e. The highest BCUT2D eigenvalue weighted by atomic mass is 16.6. The quantitative estimate of drug-likeness (QED) is 0.101. The summed E-state index contributed by atoms with van der Waals surface area (Å²) in [6, 6.07) is 0. The van der Waals surface area contributed by atoms with Gasteiger partial charge in [0, 0.05) is 63.2 Å². The lowest BCUT2D eigenvalue weighted by molar-refractivity contribution is -0.200. The second-order valence-corrected chi connectivity index (χ2v) is 36.3. The molecule has 0 unspecified atom stereocenters. The van der Waals surface area contributed by atoms with E-state index in [4.69, 9.17) is 28.4 Å². The van der Waals surface area contributed by atoms with Crippen LogP contribution in [0.1, 0.15) is 283 Å². The van der Waals surface area contributed by atoms with Gasteiger partial charge in [-0.15, -0.1) is 0 Å². The van der Waals surface area contributed by atoms with Gasteiger partial charge in [-0.3, -0.25) is 33.6 Å². The number of esters is 6. The standard InChI is InChI=1S/C80H124O14/c1-44(14-29-72(85)86)60-23-28-65-59-22-19-53-40-56(93-73(87)30-15-45(2)61-24-26-63-57-20-17-51-38-54(89-47(4)81)32-35-75(51,8)66(57)41-69(78(61,63)11)91-49(6)83)34-37-77(53,10)68(59)43-71(80(60,65)13)94-74(88)31-16-46(3)62-25-27-64-58-21-18-52-39-55(90-48(5)82)33-36-76(52,9)67(58)42-70(79(62,64)12)92-50(7)84/h44-46,51-71H,14-43H2,1-13H3,(H,85,86)/t44-,45-,46-,51-,52-,53-,54-,55-,56-,57+,58+,59+,60-,61-,62-,63+,64+,65+,66+,67+,68+,69+,70+,71+,75+,76+,77+,78-,79-,80-/m1/s1. The molecule has 0 aliphatic heterocycles. The van der Waals surface area contributed by atoms with Crippen molar-refractivity contribution in [3.8, 4) is 0 Å². The molecule has 0 aromatic carbocycles. The maximum absolute atomic E-state index is 14.9. The van der Waals surface area contributed by atoms with Crippen molar-refractivity contribution < 1.29 is 67.1 Å². The van der Waals surface area contributed by atoms with Crippen LogP contribution >= 0.6 is 0 Å². The fraction of sp³-hybridized carbons (Fsp3) is 0.912. The monoisotopic (exact) mass is 1310 g/mol. The third-order valence-electron chi connectivity index (χ3n) is 32.6. The lowest BCUT2D eigenvalue weighted by atomic mass is 9.43. The van der Waals surface area contributed by atoms with Gasteiger partial charge in [-0.05, 0) is 296 Å². The number of carboxylic acid groups (broad SMARTS) is 1. The first-order valence-electron chi connectivity index (χ1n) is 38.7. The van der Waals surface area contributed by atoms with E-state index < -0.39 is 5.97 Å². The summed E-state index contributed by atoms with van der Waals surface area (Å²) in [5.74, 6) is 5.24. The minimum absolute atomic E-state index is 0.00517. The molecule has 0 radical (unpaired) electrons. The molecule has 0 spiro atoms. The highest BCUT2D eigenvalue weighted by Crippen LogP contribution is 2.73. The van der Waals surface area contributed by atoms with Crippen LogP contribution in [0.15, 0.2) is 0 Å². The molecule has 12 rings (SSSR count). The lowest BCUT2D eigenvalue weighted by Gasteiger charge is -2.63. The number of carbonyl (C=O) groups is 7. The highest BCUT2D eigenvalue weighted by molar-refractivity contribution is 5.70. The number of carbonyl (C=O) groups excluding carboxylic acids is 6. The molecular formula is C80H124O14. The fourth-order valence-electron chi connectivity index (χ4n) is 28.2. The first-order chi connectivity index (χ1) is 44.4. The zero-order valence-electron chi connectivity index (χ0n) is 60.3. The van der Waals surface area contributed by atoms with Crippen LogP contribution in [0.25, 0.3) is 0 Å². The molecule has 94 heavy (non-hydrogen) atoms. The second kappa shape index (κ2) is 26.8. The molecule has 0 heterocycles. The normalized spacial score (nSPS) is 47.4. The average Bonchev–Trinajstić information content (AvgIpc) is 1.35. The number of rotatable bonds is 18. The molecule has 12 saturated carbocycles. The van der Waals surface area contributed by atoms with Gasteiger partial charge in [-0.25, -0.2) is 0 Å². The van der Waals surface area contributed by atoms with Crippen molar-refractivity contribution >= 4 is 41.8 Å². The number of ether oxygens (including phenoxy) is 6. The molecule has 12 aliphatic carbocycles. The van der Waals surface area contributed by atoms with Crippen LogP contribution in [0, 0.1) is 139 Å². The van der Waals surface area contributed by atoms with E-state index in [1.165, 1.54) is 20.3 Å². The Labute approximate surface area is 564 Å². The zero-order valence-corrected chi connectivity index (χ0v) is 60.3. The summed E-state index contributed by atoms with van der Waals surface area (Å²) in [5.41, 5.74) is -0.404. The van der Waals surface area contributed by atoms with Gasteiger partial charge in [-0.2, -0.15) is 0 Å². The van der Waals surface area contributed by atoms with Crippen LogP contribution in [0.4, 0.5) is 0 Å². The Bertz CT molecular complexity index is 2830. The van der Waals surface area contributed by atoms with E-state index in [0.29, 0.717) is 109 Å². The van der Waals surface area contributed by atoms with Gasteiger partial charge in [0.15, 0.2) is 0 Å². The van der Waals surface area contributed by atoms with Crippen LogP contribution in [-0.4, -0.2) is 83.5 Å². The van der Waals surface area contributed by atoms with Crippen LogP contribution in [0.2, 0.25) is 0 Å². The maximum atomic E-state index is 14.9. The number of fused-ring (bicyclic) bond motifs is 15. The van der Waals surface area contributed by atoms with E-state index >= 15 is 0 Å². The summed E-state index contributed by atoms with van der Waals surface area (Å²) in [4.78, 5) is 91.2. The maximum Gasteiger partial charge on any atom is 0.306 e. The molecule has 14 heteroatoms. The van der Waals surface area contributed by atoms with Crippen molar-refractivity contribution in [2.24, 2.45) is 139 Å². The van der Waals surface area contributed by atoms with Crippen molar-refractivity contribution in [2.45, 2.75) is 319 Å². The van der Waals surface area contributed by atoms with E-state index in [0.717, 1.165) is 154 Å². The molecule has 14 nitrogen and oxygen atoms in total. The Morgan fingerprint density at radius 3 is 0.968 bits per heavy atom. The van der Waals surface area contributed by atoms with E-state index in [9.17, 15) is 38.7 Å². The van der Waals surface area contributed by atoms with E-state index in [2.05, 4.69) is 62.3 Å². The summed E-state index contributed by atoms with van der Waals surface area (Å²) in [6.45, 7) is 27.8. The van der Waals surface area contributed by atoms with Crippen LogP contribution < -0.4 is 0 Å². The van der Waals surface area contributed by atoms with Crippen LogP contribution in [0.5, 0.6) is 0 Å². The van der Waals surface area contributed by atoms with Gasteiger partial charge in [-0.1, -0.05) is 62.3 Å². The fourth-order valence-corrected chi connectivity index (χ4v) is 28.2. The molecule has 1 N–H and O–H groups in total. The van der Waals surface area contributed by atoms with Crippen molar-refractivity contribution in [1.29, 1.82) is 0 Å². The smallest absolute Gasteiger partial charge is 0.306 e. The van der Waals surface area contributed by atoms with E-state index in [-0.39, 0.29) is 135 Å². The molecule has 528 valence electrons. The summed E-state index contributed by atoms with van der Waals surface area (Å²) in [7, 11) is 0. The average molecular weight is 1310 g/mol. The molecule has 12 aliphatic rings. The van der Waals surface area contributed by atoms with Gasteiger partial charge in [0.2, 0.25) is 0 Å². The Morgan fingerprint density at radius 1 is 0.351 bits per heavy atom. The second-order valence-electron chi connectivity index (χ2n) is 36.3. The number of hydrogen-bond acceptors (Lipinski definition) is 13. The molecule has 0 aromatic heterocycles. The lowest BCUT2D eigenvalue weighted by Crippen LogP contribution is -2.60. The van der Waals surface area contributed by atoms with Crippen molar-refractivity contribution in [3.63, 3.8) is 0 Å². The molecule has 12 fully saturated rings. The predicted octanol–water partition coefficient (Wildman–Crippen LogP) is 16.7. The van der Waals surface area contributed by atoms with Gasteiger partial charge in [0.1, 0.15) is 36.6 Å². The van der Waals surface area contributed by atoms with E-state index in [1.807, 2.05) is 0 Å². The van der Waals surface area contributed by atoms with Gasteiger partial charge in [0.05, 0.1) is 0 Å². The molecule has 30 atom stereocenters. The largest absolute Gasteiger partial charge is 0.481 e. The third-order valence-corrected chi connectivity index (χ3v) is 32.6. The number of hydrogen-bond donors (Lipinski definition) is 1. The van der Waals surface area contributed by atoms with Gasteiger partial charge < -0.3 is 33.5 Å². The summed E-state index contributed by atoms with van der Waals surface area (Å²) in [5, 5.41) is 9.87. The van der Waals surface area contributed by atoms with Gasteiger partial charge >= 0.3 is 41.8 Å². The summed E-state index contributed by atoms with van der Waals surface area (Å²) in [6.07, 6.45) is 26.3. The van der Waals surface area contributed by atoms with Crippen LogP contribution in [-0.2, 0) is 62.0 Å².